The summed E-state index contributed by atoms with van der Waals surface area (Å²) in [6.45, 7) is 0. The third-order valence-electron chi connectivity index (χ3n) is 4.87. The molecule has 10 nitrogen and oxygen atoms in total. The molecule has 0 aliphatic carbocycles. The zero-order chi connectivity index (χ0) is 24.4. The first-order chi connectivity index (χ1) is 16.9. The largest absolute Gasteiger partial charge is 0.471 e. The van der Waals surface area contributed by atoms with Crippen molar-refractivity contribution in [3.63, 3.8) is 0 Å². The molecule has 3 aromatic carbocycles. The van der Waals surface area contributed by atoms with E-state index in [9.17, 15) is 18.8 Å². The lowest BCUT2D eigenvalue weighted by Gasteiger charge is -2.21. The van der Waals surface area contributed by atoms with Gasteiger partial charge in [-0.15, -0.1) is 0 Å². The lowest BCUT2D eigenvalue weighted by atomic mass is 10.2. The molecule has 2 heterocycles. The van der Waals surface area contributed by atoms with Crippen molar-refractivity contribution in [2.45, 2.75) is 6.10 Å². The van der Waals surface area contributed by atoms with Crippen molar-refractivity contribution in [3.05, 3.63) is 78.6 Å². The number of barbiturate groups is 1. The molecule has 0 spiro atoms. The minimum absolute atomic E-state index is 0.239. The van der Waals surface area contributed by atoms with Gasteiger partial charge in [-0.25, -0.2) is 9.18 Å². The van der Waals surface area contributed by atoms with Crippen LogP contribution in [0.4, 0.5) is 9.18 Å². The van der Waals surface area contributed by atoms with E-state index in [1.165, 1.54) is 24.3 Å². The third-order valence-corrected chi connectivity index (χ3v) is 4.87. The van der Waals surface area contributed by atoms with Crippen molar-refractivity contribution in [2.24, 2.45) is 0 Å². The number of imide groups is 2. The molecule has 1 aliphatic rings. The van der Waals surface area contributed by atoms with Gasteiger partial charge in [-0.2, -0.15) is 4.98 Å². The second-order valence-electron chi connectivity index (χ2n) is 7.34. The second-order valence-corrected chi connectivity index (χ2v) is 7.34. The monoisotopic (exact) mass is 474 g/mol. The van der Waals surface area contributed by atoms with E-state index in [0.717, 1.165) is 0 Å². The predicted octanol–water partition coefficient (Wildman–Crippen LogP) is 3.45. The minimum atomic E-state index is -1.47. The van der Waals surface area contributed by atoms with Gasteiger partial charge in [0, 0.05) is 11.1 Å². The number of nitrogens with one attached hydrogen (secondary N) is 2. The Hall–Kier alpha value is -5.06. The van der Waals surface area contributed by atoms with E-state index in [1.807, 2.05) is 10.6 Å². The zero-order valence-electron chi connectivity index (χ0n) is 17.7. The van der Waals surface area contributed by atoms with Crippen molar-refractivity contribution in [1.82, 2.24) is 20.8 Å². The van der Waals surface area contributed by atoms with Gasteiger partial charge in [0.15, 0.2) is 0 Å². The summed E-state index contributed by atoms with van der Waals surface area (Å²) in [4.78, 5) is 39.0. The first kappa shape index (κ1) is 21.8. The lowest BCUT2D eigenvalue weighted by Crippen LogP contribution is -2.60. The molecule has 5 rings (SSSR count). The molecule has 4 amide bonds. The smallest absolute Gasteiger partial charge is 0.328 e. The summed E-state index contributed by atoms with van der Waals surface area (Å²) in [5, 5.41) is 7.82. The van der Waals surface area contributed by atoms with Crippen molar-refractivity contribution in [2.75, 3.05) is 0 Å². The van der Waals surface area contributed by atoms with Gasteiger partial charge in [-0.1, -0.05) is 17.3 Å². The van der Waals surface area contributed by atoms with Crippen LogP contribution >= 0.6 is 0 Å². The van der Waals surface area contributed by atoms with E-state index >= 15 is 0 Å². The van der Waals surface area contributed by atoms with E-state index in [2.05, 4.69) is 10.1 Å². The number of nitrogens with zero attached hydrogens (tertiary/aromatic N) is 2. The Morgan fingerprint density at radius 2 is 1.43 bits per heavy atom. The average Bonchev–Trinajstić information content (AvgIpc) is 3.33. The molecular weight excluding hydrogens is 459 g/mol. The number of amides is 4. The normalized spacial score (nSPS) is 13.8. The third kappa shape index (κ3) is 4.83. The highest BCUT2D eigenvalue weighted by Crippen LogP contribution is 2.28. The number of carbonyl (C=O) groups excluding carboxylic acids is 3. The van der Waals surface area contributed by atoms with Gasteiger partial charge in [-0.05, 0) is 60.7 Å². The number of ether oxygens (including phenoxy) is 2. The summed E-state index contributed by atoms with van der Waals surface area (Å²) in [7, 11) is 0. The Morgan fingerprint density at radius 3 is 2.09 bits per heavy atom. The molecule has 0 radical (unpaired) electrons. The molecule has 2 N–H and O–H groups in total. The van der Waals surface area contributed by atoms with E-state index in [-0.39, 0.29) is 17.5 Å². The topological polar surface area (TPSA) is 133 Å². The van der Waals surface area contributed by atoms with Gasteiger partial charge < -0.3 is 14.0 Å². The van der Waals surface area contributed by atoms with Gasteiger partial charge >= 0.3 is 6.03 Å². The molecule has 4 aromatic rings. The standard InChI is InChI=1S/C24H15FN4O6/c25-15-3-1-2-14(12-15)20-26-23(35-29-20)13-4-6-16(7-5-13)33-17-8-10-18(11-9-17)34-19-21(30)27-24(32)28-22(19)31/h1-12,19H,(H2,27,28,30,31,32). The molecule has 1 aliphatic heterocycles. The molecule has 1 saturated heterocycles. The van der Waals surface area contributed by atoms with Gasteiger partial charge in [-0.3, -0.25) is 20.2 Å². The first-order valence-electron chi connectivity index (χ1n) is 10.2. The van der Waals surface area contributed by atoms with Crippen LogP contribution in [0.25, 0.3) is 22.8 Å². The molecule has 35 heavy (non-hydrogen) atoms. The number of urea groups is 1. The Bertz CT molecular complexity index is 1400. The second kappa shape index (κ2) is 9.06. The van der Waals surface area contributed by atoms with Crippen molar-refractivity contribution < 1.29 is 32.8 Å². The Labute approximate surface area is 196 Å². The number of aromatic nitrogens is 2. The fourth-order valence-electron chi connectivity index (χ4n) is 3.22. The van der Waals surface area contributed by atoms with E-state index in [0.29, 0.717) is 22.6 Å². The molecule has 0 bridgehead atoms. The molecule has 11 heteroatoms. The molecule has 1 fully saturated rings. The lowest BCUT2D eigenvalue weighted by molar-refractivity contribution is -0.139. The predicted molar refractivity (Wildman–Crippen MR) is 118 cm³/mol. The van der Waals surface area contributed by atoms with E-state index in [1.54, 1.807) is 48.5 Å². The van der Waals surface area contributed by atoms with Crippen LogP contribution in [0.1, 0.15) is 0 Å². The molecule has 0 atom stereocenters. The van der Waals surface area contributed by atoms with Crippen LogP contribution in [0.3, 0.4) is 0 Å². The molecular formula is C24H15FN4O6. The first-order valence-corrected chi connectivity index (χ1v) is 10.2. The summed E-state index contributed by atoms with van der Waals surface area (Å²) >= 11 is 0. The quantitative estimate of drug-likeness (QED) is 0.406. The minimum Gasteiger partial charge on any atom is -0.471 e. The Balaban J connectivity index is 1.23. The maximum atomic E-state index is 13.4. The number of carbonyl (C=O) groups is 3. The van der Waals surface area contributed by atoms with Crippen LogP contribution < -0.4 is 20.1 Å². The van der Waals surface area contributed by atoms with Crippen LogP contribution in [0.2, 0.25) is 0 Å². The van der Waals surface area contributed by atoms with Gasteiger partial charge in [0.2, 0.25) is 5.82 Å². The van der Waals surface area contributed by atoms with Crippen molar-refractivity contribution in [3.8, 4) is 40.1 Å². The van der Waals surface area contributed by atoms with Crippen LogP contribution in [0.15, 0.2) is 77.3 Å². The number of hydrogen-bond acceptors (Lipinski definition) is 8. The van der Waals surface area contributed by atoms with Crippen LogP contribution in [-0.4, -0.2) is 34.1 Å². The summed E-state index contributed by atoms with van der Waals surface area (Å²) in [6.07, 6.45) is -1.47. The summed E-state index contributed by atoms with van der Waals surface area (Å²) in [5.74, 6) is -0.293. The fraction of sp³-hybridized carbons (Fsp3) is 0.0417. The van der Waals surface area contributed by atoms with Crippen molar-refractivity contribution >= 4 is 17.8 Å². The van der Waals surface area contributed by atoms with Crippen molar-refractivity contribution in [1.29, 1.82) is 0 Å². The maximum Gasteiger partial charge on any atom is 0.328 e. The SMILES string of the molecule is O=C1NC(=O)C(Oc2ccc(Oc3ccc(-c4nc(-c5cccc(F)c5)no4)cc3)cc2)C(=O)N1. The number of benzene rings is 3. The molecule has 0 unspecified atom stereocenters. The zero-order valence-corrected chi connectivity index (χ0v) is 17.7. The fourth-order valence-corrected chi connectivity index (χ4v) is 3.22. The van der Waals surface area contributed by atoms with Crippen LogP contribution in [0.5, 0.6) is 17.2 Å². The number of halogens is 1. The molecule has 174 valence electrons. The Kier molecular flexibility index (Phi) is 5.63. The number of hydrogen-bond donors (Lipinski definition) is 2. The number of rotatable bonds is 6. The van der Waals surface area contributed by atoms with Gasteiger partial charge in [0.1, 0.15) is 23.1 Å². The molecule has 0 saturated carbocycles. The highest BCUT2D eigenvalue weighted by molar-refractivity contribution is 6.18. The van der Waals surface area contributed by atoms with E-state index < -0.39 is 29.8 Å². The Morgan fingerprint density at radius 1 is 0.800 bits per heavy atom. The summed E-state index contributed by atoms with van der Waals surface area (Å²) in [6, 6.07) is 18.1. The summed E-state index contributed by atoms with van der Waals surface area (Å²) in [5.41, 5.74) is 1.16. The molecule has 1 aromatic heterocycles. The van der Waals surface area contributed by atoms with Crippen LogP contribution in [0, 0.1) is 5.82 Å². The van der Waals surface area contributed by atoms with E-state index in [4.69, 9.17) is 14.0 Å². The van der Waals surface area contributed by atoms with Crippen LogP contribution in [-0.2, 0) is 9.59 Å². The van der Waals surface area contributed by atoms with Gasteiger partial charge in [0.25, 0.3) is 23.8 Å². The highest BCUT2D eigenvalue weighted by atomic mass is 19.1. The highest BCUT2D eigenvalue weighted by Gasteiger charge is 2.36. The summed E-state index contributed by atoms with van der Waals surface area (Å²) < 4.78 is 29.9. The van der Waals surface area contributed by atoms with Gasteiger partial charge in [0.05, 0.1) is 0 Å². The maximum absolute atomic E-state index is 13.4. The average molecular weight is 474 g/mol.